The van der Waals surface area contributed by atoms with E-state index in [0.717, 1.165) is 18.4 Å². The molecule has 21 heavy (non-hydrogen) atoms. The zero-order valence-electron chi connectivity index (χ0n) is 11.6. The van der Waals surface area contributed by atoms with E-state index in [1.54, 1.807) is 24.3 Å². The Morgan fingerprint density at radius 1 is 1.33 bits per heavy atom. The predicted octanol–water partition coefficient (Wildman–Crippen LogP) is 2.62. The van der Waals surface area contributed by atoms with Gasteiger partial charge in [0.1, 0.15) is 11.4 Å². The van der Waals surface area contributed by atoms with Crippen molar-refractivity contribution in [3.63, 3.8) is 0 Å². The molecule has 1 heterocycles. The molecule has 0 saturated carbocycles. The van der Waals surface area contributed by atoms with Crippen LogP contribution in [-0.4, -0.2) is 22.4 Å². The molecule has 0 spiro atoms. The van der Waals surface area contributed by atoms with Crippen LogP contribution in [0, 0.1) is 0 Å². The van der Waals surface area contributed by atoms with Crippen LogP contribution in [0.4, 0.5) is 0 Å². The van der Waals surface area contributed by atoms with Gasteiger partial charge in [0.15, 0.2) is 0 Å². The summed E-state index contributed by atoms with van der Waals surface area (Å²) in [4.78, 5) is 30.6. The molecule has 0 saturated heterocycles. The number of hydrogen-bond donors (Lipinski definition) is 2. The van der Waals surface area contributed by atoms with Gasteiger partial charge < -0.3 is 10.3 Å². The second-order valence-electron chi connectivity index (χ2n) is 4.59. The van der Waals surface area contributed by atoms with Gasteiger partial charge in [-0.3, -0.25) is 9.59 Å². The average molecular weight is 306 g/mol. The monoisotopic (exact) mass is 305 g/mol. The highest BCUT2D eigenvalue weighted by Gasteiger charge is 2.11. The third kappa shape index (κ3) is 3.92. The standard InChI is InChI=1S/C15H16ClN3O2/c1-2-3-8-17-14(20)12-9-18-13(19-15(12)21)10-4-6-11(16)7-5-10/h4-7,9H,2-3,8H2,1H3,(H,17,20)(H,18,19,21). The molecule has 0 radical (unpaired) electrons. The van der Waals surface area contributed by atoms with Gasteiger partial charge in [0, 0.05) is 23.3 Å². The number of amides is 1. The van der Waals surface area contributed by atoms with Crippen LogP contribution in [0.15, 0.2) is 35.3 Å². The van der Waals surface area contributed by atoms with E-state index in [4.69, 9.17) is 11.6 Å². The van der Waals surface area contributed by atoms with Crippen molar-refractivity contribution in [3.05, 3.63) is 51.4 Å². The van der Waals surface area contributed by atoms with Gasteiger partial charge in [-0.05, 0) is 30.7 Å². The molecule has 0 unspecified atom stereocenters. The van der Waals surface area contributed by atoms with E-state index in [-0.39, 0.29) is 5.56 Å². The van der Waals surface area contributed by atoms with Crippen molar-refractivity contribution in [2.45, 2.75) is 19.8 Å². The molecule has 1 aromatic heterocycles. The Balaban J connectivity index is 2.19. The molecular weight excluding hydrogens is 290 g/mol. The highest BCUT2D eigenvalue weighted by molar-refractivity contribution is 6.30. The third-order valence-electron chi connectivity index (χ3n) is 2.98. The lowest BCUT2D eigenvalue weighted by Gasteiger charge is -2.05. The summed E-state index contributed by atoms with van der Waals surface area (Å²) < 4.78 is 0. The van der Waals surface area contributed by atoms with Gasteiger partial charge in [0.25, 0.3) is 11.5 Å². The van der Waals surface area contributed by atoms with E-state index in [2.05, 4.69) is 15.3 Å². The maximum atomic E-state index is 12.0. The number of H-pyrrole nitrogens is 1. The van der Waals surface area contributed by atoms with E-state index in [1.807, 2.05) is 6.92 Å². The van der Waals surface area contributed by atoms with Crippen molar-refractivity contribution in [1.82, 2.24) is 15.3 Å². The molecule has 0 atom stereocenters. The van der Waals surface area contributed by atoms with Gasteiger partial charge in [-0.2, -0.15) is 0 Å². The van der Waals surface area contributed by atoms with Crippen molar-refractivity contribution < 1.29 is 4.79 Å². The second kappa shape index (κ2) is 7.04. The molecule has 0 bridgehead atoms. The number of carbonyl (C=O) groups is 1. The van der Waals surface area contributed by atoms with Crippen molar-refractivity contribution in [2.24, 2.45) is 0 Å². The Bertz CT molecular complexity index is 680. The van der Waals surface area contributed by atoms with Gasteiger partial charge in [-0.25, -0.2) is 4.98 Å². The average Bonchev–Trinajstić information content (AvgIpc) is 2.48. The molecule has 110 valence electrons. The van der Waals surface area contributed by atoms with Crippen molar-refractivity contribution in [1.29, 1.82) is 0 Å². The number of aromatic nitrogens is 2. The summed E-state index contributed by atoms with van der Waals surface area (Å²) >= 11 is 5.81. The minimum atomic E-state index is -0.455. The molecule has 6 heteroatoms. The molecule has 1 aromatic carbocycles. The summed E-state index contributed by atoms with van der Waals surface area (Å²) in [7, 11) is 0. The largest absolute Gasteiger partial charge is 0.352 e. The maximum absolute atomic E-state index is 12.0. The van der Waals surface area contributed by atoms with Crippen LogP contribution >= 0.6 is 11.6 Å². The molecule has 1 amide bonds. The lowest BCUT2D eigenvalue weighted by atomic mass is 10.2. The van der Waals surface area contributed by atoms with Crippen LogP contribution in [0.25, 0.3) is 11.4 Å². The number of nitrogens with one attached hydrogen (secondary N) is 2. The van der Waals surface area contributed by atoms with Gasteiger partial charge in [-0.15, -0.1) is 0 Å². The van der Waals surface area contributed by atoms with E-state index in [0.29, 0.717) is 17.4 Å². The van der Waals surface area contributed by atoms with E-state index < -0.39 is 11.5 Å². The first kappa shape index (κ1) is 15.3. The Hall–Kier alpha value is -2.14. The minimum absolute atomic E-state index is 0.0174. The van der Waals surface area contributed by atoms with Gasteiger partial charge >= 0.3 is 0 Å². The van der Waals surface area contributed by atoms with Crippen LogP contribution in [0.5, 0.6) is 0 Å². The molecule has 2 aromatic rings. The first-order valence-corrected chi connectivity index (χ1v) is 7.13. The summed E-state index contributed by atoms with van der Waals surface area (Å²) in [5.41, 5.74) is 0.294. The fourth-order valence-electron chi connectivity index (χ4n) is 1.78. The molecule has 0 aliphatic carbocycles. The maximum Gasteiger partial charge on any atom is 0.264 e. The quantitative estimate of drug-likeness (QED) is 0.834. The number of halogens is 1. The molecule has 5 nitrogen and oxygen atoms in total. The van der Waals surface area contributed by atoms with E-state index in [1.165, 1.54) is 6.20 Å². The number of aromatic amines is 1. The molecule has 0 aliphatic rings. The minimum Gasteiger partial charge on any atom is -0.352 e. The number of carbonyl (C=O) groups excluding carboxylic acids is 1. The predicted molar refractivity (Wildman–Crippen MR) is 82.5 cm³/mol. The highest BCUT2D eigenvalue weighted by Crippen LogP contribution is 2.16. The summed E-state index contributed by atoms with van der Waals surface area (Å²) in [6.45, 7) is 2.58. The molecule has 0 aliphatic heterocycles. The van der Waals surface area contributed by atoms with E-state index in [9.17, 15) is 9.59 Å². The molecule has 2 N–H and O–H groups in total. The van der Waals surface area contributed by atoms with Crippen LogP contribution in [0.2, 0.25) is 5.02 Å². The van der Waals surface area contributed by atoms with Crippen LogP contribution in [-0.2, 0) is 0 Å². The van der Waals surface area contributed by atoms with Gasteiger partial charge in [0.2, 0.25) is 0 Å². The number of rotatable bonds is 5. The van der Waals surface area contributed by atoms with Crippen molar-refractivity contribution in [2.75, 3.05) is 6.54 Å². The zero-order chi connectivity index (χ0) is 15.2. The first-order chi connectivity index (χ1) is 10.1. The van der Waals surface area contributed by atoms with Crippen molar-refractivity contribution >= 4 is 17.5 Å². The van der Waals surface area contributed by atoms with Crippen LogP contribution < -0.4 is 10.9 Å². The van der Waals surface area contributed by atoms with Crippen LogP contribution in [0.1, 0.15) is 30.1 Å². The summed E-state index contributed by atoms with van der Waals surface area (Å²) in [6.07, 6.45) is 3.15. The Morgan fingerprint density at radius 3 is 2.67 bits per heavy atom. The number of benzene rings is 1. The highest BCUT2D eigenvalue weighted by atomic mass is 35.5. The summed E-state index contributed by atoms with van der Waals surface area (Å²) in [6, 6.07) is 6.92. The normalized spacial score (nSPS) is 10.4. The molecular formula is C15H16ClN3O2. The Kier molecular flexibility index (Phi) is 5.11. The molecule has 2 rings (SSSR count). The zero-order valence-corrected chi connectivity index (χ0v) is 12.4. The Morgan fingerprint density at radius 2 is 2.05 bits per heavy atom. The SMILES string of the molecule is CCCCNC(=O)c1cnc(-c2ccc(Cl)cc2)[nH]c1=O. The van der Waals surface area contributed by atoms with Crippen molar-refractivity contribution in [3.8, 4) is 11.4 Å². The third-order valence-corrected chi connectivity index (χ3v) is 3.23. The summed E-state index contributed by atoms with van der Waals surface area (Å²) in [5.74, 6) is 0.00151. The summed E-state index contributed by atoms with van der Waals surface area (Å²) in [5, 5.41) is 3.30. The van der Waals surface area contributed by atoms with E-state index >= 15 is 0 Å². The Labute approximate surface area is 127 Å². The van der Waals surface area contributed by atoms with Crippen LogP contribution in [0.3, 0.4) is 0 Å². The molecule has 0 fully saturated rings. The lowest BCUT2D eigenvalue weighted by Crippen LogP contribution is -2.30. The second-order valence-corrected chi connectivity index (χ2v) is 5.03. The topological polar surface area (TPSA) is 74.8 Å². The number of nitrogens with zero attached hydrogens (tertiary/aromatic N) is 1. The fourth-order valence-corrected chi connectivity index (χ4v) is 1.91. The lowest BCUT2D eigenvalue weighted by molar-refractivity contribution is 0.0951. The van der Waals surface area contributed by atoms with Gasteiger partial charge in [-0.1, -0.05) is 24.9 Å². The number of hydrogen-bond acceptors (Lipinski definition) is 3. The van der Waals surface area contributed by atoms with Gasteiger partial charge in [0.05, 0.1) is 0 Å². The smallest absolute Gasteiger partial charge is 0.264 e. The first-order valence-electron chi connectivity index (χ1n) is 6.75. The number of unbranched alkanes of at least 4 members (excludes halogenated alkanes) is 1. The fraction of sp³-hybridized carbons (Fsp3) is 0.267.